The molecule has 26 heavy (non-hydrogen) atoms. The average Bonchev–Trinajstić information content (AvgIpc) is 2.69. The van der Waals surface area contributed by atoms with Crippen molar-refractivity contribution in [3.05, 3.63) is 29.6 Å². The zero-order valence-corrected chi connectivity index (χ0v) is 17.5. The monoisotopic (exact) mass is 363 g/mol. The van der Waals surface area contributed by atoms with Crippen molar-refractivity contribution in [3.63, 3.8) is 0 Å². The molecule has 1 aromatic carbocycles. The normalized spacial score (nSPS) is 20.2. The van der Waals surface area contributed by atoms with Crippen molar-refractivity contribution in [3.8, 4) is 0 Å². The lowest BCUT2D eigenvalue weighted by atomic mass is 10.0. The molecule has 1 aromatic rings. The fraction of sp³-hybridized carbons (Fsp3) is 0.727. The molecule has 2 saturated heterocycles. The minimum atomic E-state index is -0.0585. The van der Waals surface area contributed by atoms with Crippen molar-refractivity contribution >= 4 is 5.69 Å². The summed E-state index contributed by atoms with van der Waals surface area (Å²) in [5.74, 6) is 0.182. The molecule has 0 radical (unpaired) electrons. The smallest absolute Gasteiger partial charge is 0.128 e. The highest BCUT2D eigenvalue weighted by atomic mass is 19.1. The van der Waals surface area contributed by atoms with Crippen LogP contribution in [0.4, 0.5) is 10.1 Å². The quantitative estimate of drug-likeness (QED) is 0.775. The van der Waals surface area contributed by atoms with Gasteiger partial charge >= 0.3 is 0 Å². The molecule has 2 fully saturated rings. The molecule has 0 bridgehead atoms. The van der Waals surface area contributed by atoms with Gasteiger partial charge in [-0.25, -0.2) is 4.39 Å². The first kappa shape index (κ1) is 21.2. The minimum absolute atomic E-state index is 0.0585. The van der Waals surface area contributed by atoms with Crippen LogP contribution in [-0.2, 0) is 0 Å². The minimum Gasteiger partial charge on any atom is -0.369 e. The van der Waals surface area contributed by atoms with E-state index < -0.39 is 0 Å². The van der Waals surface area contributed by atoms with Crippen molar-refractivity contribution in [2.45, 2.75) is 59.4 Å². The van der Waals surface area contributed by atoms with Gasteiger partial charge in [-0.15, -0.1) is 0 Å². The highest BCUT2D eigenvalue weighted by Crippen LogP contribution is 2.26. The summed E-state index contributed by atoms with van der Waals surface area (Å²) in [5, 5.41) is 0. The third kappa shape index (κ3) is 5.20. The van der Waals surface area contributed by atoms with E-state index in [1.807, 2.05) is 33.8 Å². The third-order valence-electron chi connectivity index (χ3n) is 5.81. The summed E-state index contributed by atoms with van der Waals surface area (Å²) >= 11 is 0. The lowest BCUT2D eigenvalue weighted by molar-refractivity contribution is 0.106. The lowest BCUT2D eigenvalue weighted by Gasteiger charge is -2.43. The van der Waals surface area contributed by atoms with Crippen LogP contribution in [0.3, 0.4) is 0 Å². The Balaban J connectivity index is 0.00000117. The van der Waals surface area contributed by atoms with Crippen molar-refractivity contribution < 1.29 is 4.39 Å². The number of hydrogen-bond donors (Lipinski definition) is 0. The molecule has 2 heterocycles. The molecule has 0 atom stereocenters. The standard InChI is InChI=1S/C20H32FN3.C2H6/c1-4-22-9-7-17(8-10-22)23-11-13-24(14-12-23)18-5-6-19(16(2)3)20(21)15-18;1-2/h5-6,15-17H,4,7-14H2,1-3H3;1-2H3. The molecule has 0 spiro atoms. The fourth-order valence-electron chi connectivity index (χ4n) is 4.13. The summed E-state index contributed by atoms with van der Waals surface area (Å²) in [6.07, 6.45) is 2.59. The third-order valence-corrected chi connectivity index (χ3v) is 5.81. The van der Waals surface area contributed by atoms with Gasteiger partial charge in [-0.2, -0.15) is 0 Å². The lowest BCUT2D eigenvalue weighted by Crippen LogP contribution is -2.53. The van der Waals surface area contributed by atoms with E-state index in [9.17, 15) is 4.39 Å². The largest absolute Gasteiger partial charge is 0.369 e. The topological polar surface area (TPSA) is 9.72 Å². The number of piperidine rings is 1. The van der Waals surface area contributed by atoms with Crippen LogP contribution in [0.1, 0.15) is 58.9 Å². The van der Waals surface area contributed by atoms with Crippen LogP contribution in [0.25, 0.3) is 0 Å². The van der Waals surface area contributed by atoms with E-state index >= 15 is 0 Å². The zero-order chi connectivity index (χ0) is 19.1. The maximum Gasteiger partial charge on any atom is 0.128 e. The van der Waals surface area contributed by atoms with Crippen molar-refractivity contribution in [1.82, 2.24) is 9.80 Å². The van der Waals surface area contributed by atoms with Gasteiger partial charge in [0.05, 0.1) is 0 Å². The fourth-order valence-corrected chi connectivity index (χ4v) is 4.13. The van der Waals surface area contributed by atoms with Gasteiger partial charge in [-0.3, -0.25) is 4.90 Å². The highest BCUT2D eigenvalue weighted by Gasteiger charge is 2.27. The number of hydrogen-bond acceptors (Lipinski definition) is 3. The Morgan fingerprint density at radius 2 is 1.62 bits per heavy atom. The van der Waals surface area contributed by atoms with E-state index in [0.29, 0.717) is 0 Å². The maximum absolute atomic E-state index is 14.3. The summed E-state index contributed by atoms with van der Waals surface area (Å²) in [5.41, 5.74) is 1.86. The molecule has 0 amide bonds. The van der Waals surface area contributed by atoms with Gasteiger partial charge in [0, 0.05) is 37.9 Å². The van der Waals surface area contributed by atoms with Crippen LogP contribution in [0.5, 0.6) is 0 Å². The number of rotatable bonds is 4. The zero-order valence-electron chi connectivity index (χ0n) is 17.5. The summed E-state index contributed by atoms with van der Waals surface area (Å²) in [7, 11) is 0. The summed E-state index contributed by atoms with van der Waals surface area (Å²) in [6, 6.07) is 6.52. The van der Waals surface area contributed by atoms with Crippen LogP contribution in [0, 0.1) is 5.82 Å². The van der Waals surface area contributed by atoms with Gasteiger partial charge in [0.2, 0.25) is 0 Å². The molecular formula is C22H38FN3. The van der Waals surface area contributed by atoms with Crippen LogP contribution in [0.2, 0.25) is 0 Å². The van der Waals surface area contributed by atoms with Gasteiger partial charge in [0.25, 0.3) is 0 Å². The number of piperazine rings is 1. The average molecular weight is 364 g/mol. The van der Waals surface area contributed by atoms with Gasteiger partial charge in [-0.05, 0) is 56.1 Å². The first-order valence-corrected chi connectivity index (χ1v) is 10.6. The molecule has 0 N–H and O–H groups in total. The SMILES string of the molecule is CC.CCN1CCC(N2CCN(c3ccc(C(C)C)c(F)c3)CC2)CC1. The molecule has 148 valence electrons. The van der Waals surface area contributed by atoms with Crippen molar-refractivity contribution in [2.24, 2.45) is 0 Å². The predicted octanol–water partition coefficient (Wildman–Crippen LogP) is 4.58. The summed E-state index contributed by atoms with van der Waals surface area (Å²) < 4.78 is 14.3. The van der Waals surface area contributed by atoms with E-state index in [-0.39, 0.29) is 11.7 Å². The Morgan fingerprint density at radius 3 is 2.12 bits per heavy atom. The first-order valence-electron chi connectivity index (χ1n) is 10.6. The van der Waals surface area contributed by atoms with E-state index in [1.165, 1.54) is 32.5 Å². The molecule has 4 heteroatoms. The predicted molar refractivity (Wildman–Crippen MR) is 111 cm³/mol. The second-order valence-corrected chi connectivity index (χ2v) is 7.55. The van der Waals surface area contributed by atoms with E-state index in [0.717, 1.165) is 43.5 Å². The van der Waals surface area contributed by atoms with Gasteiger partial charge in [0.15, 0.2) is 0 Å². The van der Waals surface area contributed by atoms with Crippen LogP contribution >= 0.6 is 0 Å². The van der Waals surface area contributed by atoms with Gasteiger partial charge in [0.1, 0.15) is 5.82 Å². The number of halogens is 1. The molecule has 2 aliphatic heterocycles. The van der Waals surface area contributed by atoms with E-state index in [1.54, 1.807) is 6.07 Å². The van der Waals surface area contributed by atoms with Crippen LogP contribution in [0.15, 0.2) is 18.2 Å². The number of likely N-dealkylation sites (tertiary alicyclic amines) is 1. The number of anilines is 1. The second-order valence-electron chi connectivity index (χ2n) is 7.55. The van der Waals surface area contributed by atoms with Crippen LogP contribution in [-0.4, -0.2) is 61.7 Å². The molecule has 2 aliphatic rings. The van der Waals surface area contributed by atoms with E-state index in [2.05, 4.69) is 27.7 Å². The molecule has 3 rings (SSSR count). The Hall–Kier alpha value is -1.13. The second kappa shape index (κ2) is 10.3. The summed E-state index contributed by atoms with van der Waals surface area (Å²) in [4.78, 5) is 7.54. The Bertz CT molecular complexity index is 530. The van der Waals surface area contributed by atoms with Crippen LogP contribution < -0.4 is 4.90 Å². The Kier molecular flexibility index (Phi) is 8.36. The molecular weight excluding hydrogens is 325 g/mol. The number of nitrogens with zero attached hydrogens (tertiary/aromatic N) is 3. The Labute approximate surface area is 160 Å². The molecule has 0 unspecified atom stereocenters. The number of benzene rings is 1. The molecule has 0 aliphatic carbocycles. The first-order chi connectivity index (χ1) is 12.6. The van der Waals surface area contributed by atoms with Crippen molar-refractivity contribution in [1.29, 1.82) is 0 Å². The highest BCUT2D eigenvalue weighted by molar-refractivity contribution is 5.49. The molecule has 0 saturated carbocycles. The van der Waals surface area contributed by atoms with Crippen molar-refractivity contribution in [2.75, 3.05) is 50.7 Å². The Morgan fingerprint density at radius 1 is 1.00 bits per heavy atom. The molecule has 0 aromatic heterocycles. The molecule has 3 nitrogen and oxygen atoms in total. The van der Waals surface area contributed by atoms with Gasteiger partial charge in [-0.1, -0.05) is 40.7 Å². The van der Waals surface area contributed by atoms with Gasteiger partial charge < -0.3 is 9.80 Å². The van der Waals surface area contributed by atoms with E-state index in [4.69, 9.17) is 0 Å². The maximum atomic E-state index is 14.3. The summed E-state index contributed by atoms with van der Waals surface area (Å²) in [6.45, 7) is 18.2.